The van der Waals surface area contributed by atoms with Crippen molar-refractivity contribution in [3.8, 4) is 0 Å². The molecule has 0 fully saturated rings. The van der Waals surface area contributed by atoms with Gasteiger partial charge >= 0.3 is 23.9 Å². The van der Waals surface area contributed by atoms with E-state index in [1.165, 1.54) is 156 Å². The number of hydrogen-bond acceptors (Lipinski definition) is 9. The van der Waals surface area contributed by atoms with Crippen molar-refractivity contribution in [1.29, 1.82) is 0 Å². The minimum atomic E-state index is -1.13. The summed E-state index contributed by atoms with van der Waals surface area (Å²) in [7, 11) is 0. The van der Waals surface area contributed by atoms with Gasteiger partial charge in [-0.3, -0.25) is 24.0 Å². The van der Waals surface area contributed by atoms with Crippen LogP contribution in [0.3, 0.4) is 0 Å². The van der Waals surface area contributed by atoms with Crippen molar-refractivity contribution in [3.05, 3.63) is 0 Å². The fourth-order valence-electron chi connectivity index (χ4n) is 7.62. The van der Waals surface area contributed by atoms with Gasteiger partial charge in [-0.15, -0.1) is 0 Å². The number of amides is 1. The minimum absolute atomic E-state index is 0.320. The molecule has 10 heteroatoms. The topological polar surface area (TPSA) is 134 Å². The van der Waals surface area contributed by atoms with E-state index in [0.29, 0.717) is 25.7 Å². The Morgan fingerprint density at radius 3 is 1.16 bits per heavy atom. The highest BCUT2D eigenvalue weighted by Gasteiger charge is 2.38. The van der Waals surface area contributed by atoms with Crippen LogP contribution in [0.1, 0.15) is 241 Å². The Balaban J connectivity index is 4.97. The first-order valence-electron chi connectivity index (χ1n) is 23.8. The molecule has 0 bridgehead atoms. The molecule has 4 unspecified atom stereocenters. The molecule has 0 saturated heterocycles. The van der Waals surface area contributed by atoms with Crippen LogP contribution in [-0.2, 0) is 42.9 Å². The van der Waals surface area contributed by atoms with Crippen molar-refractivity contribution in [2.45, 2.75) is 265 Å². The molecule has 0 aromatic heterocycles. The van der Waals surface area contributed by atoms with E-state index < -0.39 is 54.1 Å². The zero-order chi connectivity index (χ0) is 43.2. The molecule has 1 amide bonds. The number of carbonyl (C=O) groups is 5. The average Bonchev–Trinajstić information content (AvgIpc) is 3.15. The van der Waals surface area contributed by atoms with Gasteiger partial charge in [0.1, 0.15) is 18.8 Å². The molecule has 1 N–H and O–H groups in total. The summed E-state index contributed by atoms with van der Waals surface area (Å²) < 4.78 is 22.1. The van der Waals surface area contributed by atoms with E-state index in [1.54, 1.807) is 0 Å². The van der Waals surface area contributed by atoms with Gasteiger partial charge in [0.2, 0.25) is 0 Å². The normalized spacial score (nSPS) is 13.4. The monoisotopic (exact) mass is 824 g/mol. The van der Waals surface area contributed by atoms with Crippen molar-refractivity contribution in [2.75, 3.05) is 6.61 Å². The zero-order valence-electron chi connectivity index (χ0n) is 38.5. The second-order valence-corrected chi connectivity index (χ2v) is 17.2. The van der Waals surface area contributed by atoms with E-state index in [1.807, 2.05) is 0 Å². The number of nitrogens with one attached hydrogen (secondary N) is 1. The third-order valence-corrected chi connectivity index (χ3v) is 10.9. The lowest BCUT2D eigenvalue weighted by Crippen LogP contribution is -2.56. The summed E-state index contributed by atoms with van der Waals surface area (Å²) in [5.74, 6) is -2.19. The first kappa shape index (κ1) is 55.4. The predicted octanol–water partition coefficient (Wildman–Crippen LogP) is 12.2. The molecule has 4 atom stereocenters. The average molecular weight is 824 g/mol. The molecule has 340 valence electrons. The Morgan fingerprint density at radius 1 is 0.431 bits per heavy atom. The van der Waals surface area contributed by atoms with Crippen molar-refractivity contribution in [1.82, 2.24) is 5.32 Å². The summed E-state index contributed by atoms with van der Waals surface area (Å²) in [6.45, 7) is 11.5. The summed E-state index contributed by atoms with van der Waals surface area (Å²) in [5, 5.41) is 2.83. The van der Waals surface area contributed by atoms with Gasteiger partial charge in [-0.1, -0.05) is 188 Å². The highest BCUT2D eigenvalue weighted by molar-refractivity contribution is 5.83. The van der Waals surface area contributed by atoms with Gasteiger partial charge in [-0.2, -0.15) is 0 Å². The van der Waals surface area contributed by atoms with E-state index >= 15 is 0 Å². The summed E-state index contributed by atoms with van der Waals surface area (Å²) in [5.41, 5.74) is 0. The Bertz CT molecular complexity index is 1050. The Hall–Kier alpha value is -2.65. The van der Waals surface area contributed by atoms with Crippen molar-refractivity contribution in [2.24, 2.45) is 5.92 Å². The number of rotatable bonds is 40. The maximum absolute atomic E-state index is 13.7. The van der Waals surface area contributed by atoms with Gasteiger partial charge in [0.15, 0.2) is 12.2 Å². The lowest BCUT2D eigenvalue weighted by Gasteiger charge is -2.33. The minimum Gasteiger partial charge on any atom is -0.464 e. The molecule has 10 nitrogen and oxygen atoms in total. The molecular formula is C48H89NO9. The zero-order valence-corrected chi connectivity index (χ0v) is 38.5. The summed E-state index contributed by atoms with van der Waals surface area (Å²) >= 11 is 0. The van der Waals surface area contributed by atoms with Crippen LogP contribution in [0.2, 0.25) is 0 Å². The van der Waals surface area contributed by atoms with Crippen LogP contribution >= 0.6 is 0 Å². The Morgan fingerprint density at radius 2 is 0.793 bits per heavy atom. The second kappa shape index (κ2) is 38.5. The van der Waals surface area contributed by atoms with Crippen molar-refractivity contribution >= 4 is 29.8 Å². The van der Waals surface area contributed by atoms with Crippen molar-refractivity contribution in [3.63, 3.8) is 0 Å². The first-order valence-corrected chi connectivity index (χ1v) is 23.8. The van der Waals surface area contributed by atoms with E-state index in [9.17, 15) is 24.0 Å². The van der Waals surface area contributed by atoms with Gasteiger partial charge in [0.05, 0.1) is 0 Å². The molecular weight excluding hydrogens is 735 g/mol. The van der Waals surface area contributed by atoms with Gasteiger partial charge in [-0.25, -0.2) is 0 Å². The molecule has 0 aliphatic heterocycles. The van der Waals surface area contributed by atoms with E-state index in [-0.39, 0.29) is 6.61 Å². The summed E-state index contributed by atoms with van der Waals surface area (Å²) in [6, 6.07) is -1.04. The lowest BCUT2D eigenvalue weighted by atomic mass is 9.98. The third kappa shape index (κ3) is 35.3. The van der Waals surface area contributed by atoms with Crippen LogP contribution < -0.4 is 5.32 Å². The molecule has 58 heavy (non-hydrogen) atoms. The van der Waals surface area contributed by atoms with Crippen LogP contribution in [0.4, 0.5) is 0 Å². The maximum Gasteiger partial charge on any atom is 0.303 e. The third-order valence-electron chi connectivity index (χ3n) is 10.9. The van der Waals surface area contributed by atoms with Gasteiger partial charge < -0.3 is 24.3 Å². The van der Waals surface area contributed by atoms with E-state index in [2.05, 4.69) is 26.1 Å². The molecule has 0 aromatic rings. The number of ether oxygens (including phenoxy) is 4. The largest absolute Gasteiger partial charge is 0.464 e. The van der Waals surface area contributed by atoms with Crippen LogP contribution in [0.5, 0.6) is 0 Å². The van der Waals surface area contributed by atoms with E-state index in [0.717, 1.165) is 44.4 Å². The van der Waals surface area contributed by atoms with Gasteiger partial charge in [0.25, 0.3) is 5.91 Å². The molecule has 0 saturated carbocycles. The van der Waals surface area contributed by atoms with Crippen LogP contribution in [0.25, 0.3) is 0 Å². The summed E-state index contributed by atoms with van der Waals surface area (Å²) in [4.78, 5) is 62.2. The van der Waals surface area contributed by atoms with Gasteiger partial charge in [-0.05, 0) is 31.6 Å². The highest BCUT2D eigenvalue weighted by atomic mass is 16.6. The molecule has 0 aromatic carbocycles. The van der Waals surface area contributed by atoms with Crippen LogP contribution in [0, 0.1) is 5.92 Å². The number of hydrogen-bond donors (Lipinski definition) is 1. The fourth-order valence-corrected chi connectivity index (χ4v) is 7.62. The lowest BCUT2D eigenvalue weighted by molar-refractivity contribution is -0.172. The van der Waals surface area contributed by atoms with Crippen LogP contribution in [0.15, 0.2) is 0 Å². The second-order valence-electron chi connectivity index (χ2n) is 17.2. The quantitative estimate of drug-likeness (QED) is 0.0364. The number of unbranched alkanes of at least 4 members (excludes halogenated alkanes) is 25. The number of esters is 4. The molecule has 0 aliphatic rings. The first-order chi connectivity index (χ1) is 27.9. The van der Waals surface area contributed by atoms with Crippen LogP contribution in [-0.4, -0.2) is 60.7 Å². The summed E-state index contributed by atoms with van der Waals surface area (Å²) in [6.07, 6.45) is 31.6. The maximum atomic E-state index is 13.7. The smallest absolute Gasteiger partial charge is 0.303 e. The Labute approximate surface area is 355 Å². The molecule has 0 aliphatic carbocycles. The fraction of sp³-hybridized carbons (Fsp3) is 0.896. The predicted molar refractivity (Wildman–Crippen MR) is 234 cm³/mol. The standard InChI is InChI=1S/C48H89NO9/c1-8-9-10-11-12-13-14-15-16-17-18-19-20-21-22-23-28-31-34-37-46(57-42(6)52)48(54)49-44(38-55-40(4)50)47(58-43(7)53)45(56-41(5)51)36-33-30-27-25-24-26-29-32-35-39(2)3/h39,44-47H,8-38H2,1-7H3,(H,49,54). The van der Waals surface area contributed by atoms with Crippen molar-refractivity contribution < 1.29 is 42.9 Å². The molecule has 0 spiro atoms. The molecule has 0 radical (unpaired) electrons. The number of carbonyl (C=O) groups excluding carboxylic acids is 5. The van der Waals surface area contributed by atoms with Gasteiger partial charge in [0, 0.05) is 27.7 Å². The highest BCUT2D eigenvalue weighted by Crippen LogP contribution is 2.21. The SMILES string of the molecule is CCCCCCCCCCCCCCCCCCCCCC(OC(C)=O)C(=O)NC(COC(C)=O)C(OC(C)=O)C(CCCCCCCCCCC(C)C)OC(C)=O. The van der Waals surface area contributed by atoms with E-state index in [4.69, 9.17) is 18.9 Å². The Kier molecular flexibility index (Phi) is 36.8. The molecule has 0 heterocycles. The molecule has 0 rings (SSSR count).